The zero-order valence-electron chi connectivity index (χ0n) is 13.6. The van der Waals surface area contributed by atoms with Gasteiger partial charge in [0.05, 0.1) is 5.71 Å². The first kappa shape index (κ1) is 18.3. The third kappa shape index (κ3) is 4.98. The van der Waals surface area contributed by atoms with Crippen LogP contribution in [0.2, 0.25) is 10.0 Å². The average Bonchev–Trinajstić information content (AvgIpc) is 2.55. The number of rotatable bonds is 5. The third-order valence-corrected chi connectivity index (χ3v) is 3.89. The number of benzene rings is 2. The summed E-state index contributed by atoms with van der Waals surface area (Å²) in [6.45, 7) is 5.34. The Balaban J connectivity index is 1.98. The molecule has 0 radical (unpaired) electrons. The fraction of sp³-hybridized carbons (Fsp3) is 0.222. The lowest BCUT2D eigenvalue weighted by Gasteiger charge is -2.15. The summed E-state index contributed by atoms with van der Waals surface area (Å²) in [6.07, 6.45) is -0.688. The van der Waals surface area contributed by atoms with Crippen LogP contribution in [-0.2, 0) is 4.79 Å². The van der Waals surface area contributed by atoms with Crippen LogP contribution in [0.25, 0.3) is 0 Å². The molecule has 24 heavy (non-hydrogen) atoms. The smallest absolute Gasteiger partial charge is 0.280 e. The number of hydrogen-bond donors (Lipinski definition) is 1. The van der Waals surface area contributed by atoms with Gasteiger partial charge in [-0.1, -0.05) is 35.3 Å². The van der Waals surface area contributed by atoms with Gasteiger partial charge >= 0.3 is 0 Å². The Kier molecular flexibility index (Phi) is 6.23. The molecule has 2 aromatic rings. The Hall–Kier alpha value is -2.04. The van der Waals surface area contributed by atoms with E-state index in [-0.39, 0.29) is 5.91 Å². The van der Waals surface area contributed by atoms with Gasteiger partial charge in [0.2, 0.25) is 0 Å². The summed E-state index contributed by atoms with van der Waals surface area (Å²) in [5, 5.41) is 5.37. The first-order valence-corrected chi connectivity index (χ1v) is 8.15. The van der Waals surface area contributed by atoms with Crippen molar-refractivity contribution in [2.45, 2.75) is 26.9 Å². The number of amides is 1. The van der Waals surface area contributed by atoms with E-state index in [4.69, 9.17) is 27.9 Å². The summed E-state index contributed by atoms with van der Waals surface area (Å²) >= 11 is 11.8. The lowest BCUT2D eigenvalue weighted by molar-refractivity contribution is -0.127. The van der Waals surface area contributed by atoms with Crippen LogP contribution in [0.15, 0.2) is 47.6 Å². The van der Waals surface area contributed by atoms with Gasteiger partial charge in [0.15, 0.2) is 6.10 Å². The van der Waals surface area contributed by atoms with E-state index in [1.165, 1.54) is 0 Å². The first-order valence-electron chi connectivity index (χ1n) is 7.39. The van der Waals surface area contributed by atoms with E-state index >= 15 is 0 Å². The van der Waals surface area contributed by atoms with Gasteiger partial charge in [0.25, 0.3) is 5.91 Å². The Morgan fingerprint density at radius 2 is 1.75 bits per heavy atom. The maximum atomic E-state index is 12.1. The van der Waals surface area contributed by atoms with Crippen LogP contribution >= 0.6 is 23.2 Å². The number of carbonyl (C=O) groups is 1. The number of hydrazone groups is 1. The Labute approximate surface area is 151 Å². The molecule has 1 atom stereocenters. The second kappa shape index (κ2) is 8.18. The Morgan fingerprint density at radius 3 is 2.38 bits per heavy atom. The number of halogens is 2. The number of nitrogens with one attached hydrogen (secondary N) is 1. The van der Waals surface area contributed by atoms with Crippen molar-refractivity contribution in [2.24, 2.45) is 5.10 Å². The molecule has 0 bridgehead atoms. The molecule has 0 saturated carbocycles. The van der Waals surface area contributed by atoms with Crippen molar-refractivity contribution in [3.8, 4) is 5.75 Å². The molecule has 1 unspecified atom stereocenters. The molecule has 0 aromatic heterocycles. The van der Waals surface area contributed by atoms with E-state index in [2.05, 4.69) is 10.5 Å². The van der Waals surface area contributed by atoms with Crippen LogP contribution in [0.3, 0.4) is 0 Å². The Bertz CT molecular complexity index is 758. The zero-order valence-corrected chi connectivity index (χ0v) is 15.2. The van der Waals surface area contributed by atoms with Gasteiger partial charge in [0.1, 0.15) is 5.75 Å². The molecule has 1 amide bonds. The summed E-state index contributed by atoms with van der Waals surface area (Å²) < 4.78 is 5.66. The van der Waals surface area contributed by atoms with E-state index in [1.807, 2.05) is 19.1 Å². The maximum absolute atomic E-state index is 12.1. The van der Waals surface area contributed by atoms with Crippen molar-refractivity contribution in [1.29, 1.82) is 0 Å². The van der Waals surface area contributed by atoms with E-state index in [1.54, 1.807) is 44.2 Å². The normalized spacial score (nSPS) is 12.6. The van der Waals surface area contributed by atoms with Crippen molar-refractivity contribution in [1.82, 2.24) is 5.43 Å². The monoisotopic (exact) mass is 364 g/mol. The fourth-order valence-corrected chi connectivity index (χ4v) is 2.33. The standard InChI is InChI=1S/C18H18Cl2N2O2/c1-11-10-16(20)8-9-17(11)24-13(3)18(23)22-21-12(2)14-4-6-15(19)7-5-14/h4-10,13H,1-3H3,(H,22,23). The summed E-state index contributed by atoms with van der Waals surface area (Å²) in [7, 11) is 0. The van der Waals surface area contributed by atoms with Crippen molar-refractivity contribution < 1.29 is 9.53 Å². The van der Waals surface area contributed by atoms with Crippen molar-refractivity contribution in [2.75, 3.05) is 0 Å². The quantitative estimate of drug-likeness (QED) is 0.621. The van der Waals surface area contributed by atoms with Crippen LogP contribution in [0, 0.1) is 6.92 Å². The van der Waals surface area contributed by atoms with Gasteiger partial charge in [-0.05, 0) is 62.2 Å². The van der Waals surface area contributed by atoms with E-state index in [9.17, 15) is 4.79 Å². The summed E-state index contributed by atoms with van der Waals surface area (Å²) in [6, 6.07) is 12.5. The molecule has 0 saturated heterocycles. The molecule has 0 spiro atoms. The van der Waals surface area contributed by atoms with Crippen LogP contribution in [0.1, 0.15) is 25.0 Å². The number of aryl methyl sites for hydroxylation is 1. The number of hydrogen-bond acceptors (Lipinski definition) is 3. The molecule has 126 valence electrons. The molecule has 2 rings (SSSR count). The molecule has 4 nitrogen and oxygen atoms in total. The predicted molar refractivity (Wildman–Crippen MR) is 98.1 cm³/mol. The summed E-state index contributed by atoms with van der Waals surface area (Å²) in [5.41, 5.74) is 4.93. The van der Waals surface area contributed by atoms with E-state index in [0.29, 0.717) is 21.5 Å². The third-order valence-electron chi connectivity index (χ3n) is 3.41. The second-order valence-electron chi connectivity index (χ2n) is 5.35. The predicted octanol–water partition coefficient (Wildman–Crippen LogP) is 4.61. The Morgan fingerprint density at radius 1 is 1.12 bits per heavy atom. The van der Waals surface area contributed by atoms with Crippen LogP contribution in [-0.4, -0.2) is 17.7 Å². The highest BCUT2D eigenvalue weighted by Crippen LogP contribution is 2.22. The minimum Gasteiger partial charge on any atom is -0.481 e. The highest BCUT2D eigenvalue weighted by Gasteiger charge is 2.15. The molecule has 0 heterocycles. The number of ether oxygens (including phenoxy) is 1. The van der Waals surface area contributed by atoms with Gasteiger partial charge in [-0.2, -0.15) is 5.10 Å². The van der Waals surface area contributed by atoms with Gasteiger partial charge in [-0.25, -0.2) is 5.43 Å². The molecule has 0 aliphatic heterocycles. The topological polar surface area (TPSA) is 50.7 Å². The molecule has 2 aromatic carbocycles. The molecule has 0 aliphatic rings. The van der Waals surface area contributed by atoms with Crippen molar-refractivity contribution in [3.05, 3.63) is 63.6 Å². The van der Waals surface area contributed by atoms with Gasteiger partial charge in [-0.3, -0.25) is 4.79 Å². The van der Waals surface area contributed by atoms with Crippen LogP contribution < -0.4 is 10.2 Å². The zero-order chi connectivity index (χ0) is 17.7. The molecular weight excluding hydrogens is 347 g/mol. The highest BCUT2D eigenvalue weighted by molar-refractivity contribution is 6.31. The van der Waals surface area contributed by atoms with Gasteiger partial charge < -0.3 is 4.74 Å². The van der Waals surface area contributed by atoms with Gasteiger partial charge in [0, 0.05) is 10.0 Å². The molecule has 6 heteroatoms. The van der Waals surface area contributed by atoms with Crippen molar-refractivity contribution >= 4 is 34.8 Å². The lowest BCUT2D eigenvalue weighted by Crippen LogP contribution is -2.34. The summed E-state index contributed by atoms with van der Waals surface area (Å²) in [4.78, 5) is 12.1. The van der Waals surface area contributed by atoms with Crippen LogP contribution in [0.5, 0.6) is 5.75 Å². The lowest BCUT2D eigenvalue weighted by atomic mass is 10.1. The first-order chi connectivity index (χ1) is 11.4. The number of nitrogens with zero attached hydrogens (tertiary/aromatic N) is 1. The fourth-order valence-electron chi connectivity index (χ4n) is 1.97. The molecule has 1 N–H and O–H groups in total. The van der Waals surface area contributed by atoms with E-state index in [0.717, 1.165) is 11.1 Å². The molecule has 0 aliphatic carbocycles. The SMILES string of the molecule is CC(=NNC(=O)C(C)Oc1ccc(Cl)cc1C)c1ccc(Cl)cc1. The molecular formula is C18H18Cl2N2O2. The molecule has 0 fully saturated rings. The van der Waals surface area contributed by atoms with Crippen molar-refractivity contribution in [3.63, 3.8) is 0 Å². The summed E-state index contributed by atoms with van der Waals surface area (Å²) in [5.74, 6) is 0.276. The largest absolute Gasteiger partial charge is 0.481 e. The average molecular weight is 365 g/mol. The maximum Gasteiger partial charge on any atom is 0.280 e. The van der Waals surface area contributed by atoms with E-state index < -0.39 is 6.10 Å². The number of carbonyl (C=O) groups excluding carboxylic acids is 1. The second-order valence-corrected chi connectivity index (χ2v) is 6.22. The minimum atomic E-state index is -0.688. The van der Waals surface area contributed by atoms with Crippen LogP contribution in [0.4, 0.5) is 0 Å². The minimum absolute atomic E-state index is 0.335. The van der Waals surface area contributed by atoms with Gasteiger partial charge in [-0.15, -0.1) is 0 Å². The highest BCUT2D eigenvalue weighted by atomic mass is 35.5.